The van der Waals surface area contributed by atoms with Crippen LogP contribution in [0.15, 0.2) is 6.07 Å². The number of aromatic nitrogens is 1. The van der Waals surface area contributed by atoms with Crippen molar-refractivity contribution in [1.82, 2.24) is 4.98 Å². The predicted molar refractivity (Wildman–Crippen MR) is 70.9 cm³/mol. The third kappa shape index (κ3) is 4.63. The molecule has 0 saturated heterocycles. The molecule has 0 amide bonds. The Morgan fingerprint density at radius 1 is 1.22 bits per heavy atom. The SMILES string of the molecule is CCCCOCCOc1nc(C)cc(C)c1CO. The Labute approximate surface area is 109 Å². The van der Waals surface area contributed by atoms with Crippen LogP contribution in [0.5, 0.6) is 5.88 Å². The van der Waals surface area contributed by atoms with Crippen LogP contribution in [0.4, 0.5) is 0 Å². The molecule has 0 aliphatic heterocycles. The highest BCUT2D eigenvalue weighted by Gasteiger charge is 2.09. The van der Waals surface area contributed by atoms with Gasteiger partial charge in [0, 0.05) is 17.9 Å². The van der Waals surface area contributed by atoms with Crippen LogP contribution in [0.3, 0.4) is 0 Å². The van der Waals surface area contributed by atoms with Gasteiger partial charge in [-0.1, -0.05) is 13.3 Å². The quantitative estimate of drug-likeness (QED) is 0.723. The Balaban J connectivity index is 2.46. The van der Waals surface area contributed by atoms with Gasteiger partial charge in [-0.2, -0.15) is 0 Å². The molecule has 1 heterocycles. The van der Waals surface area contributed by atoms with Crippen molar-refractivity contribution in [3.63, 3.8) is 0 Å². The molecule has 4 nitrogen and oxygen atoms in total. The summed E-state index contributed by atoms with van der Waals surface area (Å²) in [6, 6.07) is 1.94. The number of aliphatic hydroxyl groups excluding tert-OH is 1. The van der Waals surface area contributed by atoms with E-state index in [1.54, 1.807) is 0 Å². The molecule has 0 aliphatic rings. The van der Waals surface area contributed by atoms with E-state index < -0.39 is 0 Å². The molecule has 0 unspecified atom stereocenters. The fourth-order valence-corrected chi connectivity index (χ4v) is 1.69. The Bertz CT molecular complexity index is 366. The Hall–Kier alpha value is -1.13. The van der Waals surface area contributed by atoms with Crippen LogP contribution < -0.4 is 4.74 Å². The highest BCUT2D eigenvalue weighted by atomic mass is 16.5. The maximum Gasteiger partial charge on any atom is 0.219 e. The van der Waals surface area contributed by atoms with Crippen molar-refractivity contribution < 1.29 is 14.6 Å². The molecule has 1 N–H and O–H groups in total. The van der Waals surface area contributed by atoms with Gasteiger partial charge in [0.1, 0.15) is 6.61 Å². The van der Waals surface area contributed by atoms with Gasteiger partial charge >= 0.3 is 0 Å². The largest absolute Gasteiger partial charge is 0.475 e. The molecule has 0 fully saturated rings. The second-order valence-electron chi connectivity index (χ2n) is 4.34. The highest BCUT2D eigenvalue weighted by Crippen LogP contribution is 2.20. The van der Waals surface area contributed by atoms with Crippen molar-refractivity contribution in [3.05, 3.63) is 22.9 Å². The normalized spacial score (nSPS) is 10.7. The monoisotopic (exact) mass is 253 g/mol. The Morgan fingerprint density at radius 3 is 2.67 bits per heavy atom. The van der Waals surface area contributed by atoms with Crippen molar-refractivity contribution in [2.24, 2.45) is 0 Å². The fraction of sp³-hybridized carbons (Fsp3) is 0.643. The zero-order chi connectivity index (χ0) is 13.4. The smallest absolute Gasteiger partial charge is 0.219 e. The van der Waals surface area contributed by atoms with Crippen molar-refractivity contribution >= 4 is 0 Å². The van der Waals surface area contributed by atoms with Gasteiger partial charge in [-0.3, -0.25) is 0 Å². The first-order valence-corrected chi connectivity index (χ1v) is 6.47. The van der Waals surface area contributed by atoms with E-state index in [-0.39, 0.29) is 6.61 Å². The van der Waals surface area contributed by atoms with Crippen molar-refractivity contribution in [2.75, 3.05) is 19.8 Å². The van der Waals surface area contributed by atoms with Crippen LogP contribution in [0.2, 0.25) is 0 Å². The van der Waals surface area contributed by atoms with E-state index in [2.05, 4.69) is 11.9 Å². The molecular weight excluding hydrogens is 230 g/mol. The van der Waals surface area contributed by atoms with E-state index in [1.165, 1.54) is 0 Å². The lowest BCUT2D eigenvalue weighted by Gasteiger charge is -2.12. The van der Waals surface area contributed by atoms with Gasteiger partial charge in [-0.25, -0.2) is 4.98 Å². The van der Waals surface area contributed by atoms with Gasteiger partial charge in [-0.15, -0.1) is 0 Å². The van der Waals surface area contributed by atoms with Gasteiger partial charge in [-0.05, 0) is 31.9 Å². The summed E-state index contributed by atoms with van der Waals surface area (Å²) in [4.78, 5) is 4.30. The minimum Gasteiger partial charge on any atom is -0.475 e. The number of hydrogen-bond donors (Lipinski definition) is 1. The molecule has 102 valence electrons. The number of nitrogens with zero attached hydrogens (tertiary/aromatic N) is 1. The minimum atomic E-state index is -0.0505. The average Bonchev–Trinajstić information content (AvgIpc) is 2.33. The highest BCUT2D eigenvalue weighted by molar-refractivity contribution is 5.35. The predicted octanol–water partition coefficient (Wildman–Crippen LogP) is 2.39. The molecule has 0 saturated carbocycles. The van der Waals surface area contributed by atoms with Gasteiger partial charge < -0.3 is 14.6 Å². The summed E-state index contributed by atoms with van der Waals surface area (Å²) in [7, 11) is 0. The molecule has 0 radical (unpaired) electrons. The zero-order valence-electron chi connectivity index (χ0n) is 11.5. The molecule has 0 bridgehead atoms. The van der Waals surface area contributed by atoms with Gasteiger partial charge in [0.2, 0.25) is 5.88 Å². The molecule has 4 heteroatoms. The second kappa shape index (κ2) is 8.06. The summed E-state index contributed by atoms with van der Waals surface area (Å²) in [6.07, 6.45) is 2.21. The number of pyridine rings is 1. The third-order valence-corrected chi connectivity index (χ3v) is 2.70. The average molecular weight is 253 g/mol. The van der Waals surface area contributed by atoms with E-state index in [4.69, 9.17) is 9.47 Å². The van der Waals surface area contributed by atoms with E-state index in [0.717, 1.165) is 36.3 Å². The molecule has 0 atom stereocenters. The van der Waals surface area contributed by atoms with Crippen LogP contribution in [0.1, 0.15) is 36.6 Å². The molecule has 0 aromatic carbocycles. The van der Waals surface area contributed by atoms with E-state index in [0.29, 0.717) is 19.1 Å². The molecule has 1 aromatic heterocycles. The number of unbranched alkanes of at least 4 members (excludes halogenated alkanes) is 1. The van der Waals surface area contributed by atoms with Crippen LogP contribution in [-0.4, -0.2) is 29.9 Å². The molecule has 1 rings (SSSR count). The van der Waals surface area contributed by atoms with E-state index in [1.807, 2.05) is 19.9 Å². The number of aliphatic hydroxyl groups is 1. The summed E-state index contributed by atoms with van der Waals surface area (Å²) in [6.45, 7) is 7.74. The molecular formula is C14H23NO3. The lowest BCUT2D eigenvalue weighted by Crippen LogP contribution is -2.10. The summed E-state index contributed by atoms with van der Waals surface area (Å²) in [5, 5.41) is 9.31. The lowest BCUT2D eigenvalue weighted by molar-refractivity contribution is 0.0954. The fourth-order valence-electron chi connectivity index (χ4n) is 1.69. The van der Waals surface area contributed by atoms with Crippen molar-refractivity contribution in [2.45, 2.75) is 40.2 Å². The van der Waals surface area contributed by atoms with Crippen LogP contribution >= 0.6 is 0 Å². The van der Waals surface area contributed by atoms with Gasteiger partial charge in [0.05, 0.1) is 13.2 Å². The number of rotatable bonds is 8. The molecule has 0 spiro atoms. The van der Waals surface area contributed by atoms with Crippen molar-refractivity contribution in [3.8, 4) is 5.88 Å². The number of aryl methyl sites for hydroxylation is 2. The summed E-state index contributed by atoms with van der Waals surface area (Å²) >= 11 is 0. The first kappa shape index (κ1) is 14.9. The van der Waals surface area contributed by atoms with E-state index in [9.17, 15) is 5.11 Å². The standard InChI is InChI=1S/C14H23NO3/c1-4-5-6-17-7-8-18-14-13(10-16)11(2)9-12(3)15-14/h9,16H,4-8,10H2,1-3H3. The van der Waals surface area contributed by atoms with Crippen LogP contribution in [-0.2, 0) is 11.3 Å². The minimum absolute atomic E-state index is 0.0505. The number of hydrogen-bond acceptors (Lipinski definition) is 4. The van der Waals surface area contributed by atoms with Gasteiger partial charge in [0.15, 0.2) is 0 Å². The van der Waals surface area contributed by atoms with Crippen LogP contribution in [0.25, 0.3) is 0 Å². The molecule has 1 aromatic rings. The van der Waals surface area contributed by atoms with E-state index >= 15 is 0 Å². The first-order chi connectivity index (χ1) is 8.69. The summed E-state index contributed by atoms with van der Waals surface area (Å²) in [5.74, 6) is 0.522. The maximum atomic E-state index is 9.31. The van der Waals surface area contributed by atoms with Crippen molar-refractivity contribution in [1.29, 1.82) is 0 Å². The first-order valence-electron chi connectivity index (χ1n) is 6.47. The zero-order valence-corrected chi connectivity index (χ0v) is 11.5. The molecule has 0 aliphatic carbocycles. The Morgan fingerprint density at radius 2 is 2.00 bits per heavy atom. The lowest BCUT2D eigenvalue weighted by atomic mass is 10.1. The summed E-state index contributed by atoms with van der Waals surface area (Å²) in [5.41, 5.74) is 2.66. The molecule has 18 heavy (non-hydrogen) atoms. The Kier molecular flexibility index (Phi) is 6.68. The topological polar surface area (TPSA) is 51.6 Å². The number of ether oxygens (including phenoxy) is 2. The van der Waals surface area contributed by atoms with Gasteiger partial charge in [0.25, 0.3) is 0 Å². The second-order valence-corrected chi connectivity index (χ2v) is 4.34. The summed E-state index contributed by atoms with van der Waals surface area (Å²) < 4.78 is 11.0. The third-order valence-electron chi connectivity index (χ3n) is 2.70. The maximum absolute atomic E-state index is 9.31. The van der Waals surface area contributed by atoms with Crippen LogP contribution in [0, 0.1) is 13.8 Å².